The van der Waals surface area contributed by atoms with Gasteiger partial charge in [-0.25, -0.2) is 4.98 Å². The highest BCUT2D eigenvalue weighted by atomic mass is 32.2. The third-order valence-corrected chi connectivity index (χ3v) is 12.9. The topological polar surface area (TPSA) is 43.6 Å². The first kappa shape index (κ1) is 32.2. The molecule has 0 fully saturated rings. The highest BCUT2D eigenvalue weighted by Gasteiger charge is 2.50. The van der Waals surface area contributed by atoms with Crippen molar-refractivity contribution in [3.05, 3.63) is 216 Å². The molecule has 57 heavy (non-hydrogen) atoms. The van der Waals surface area contributed by atoms with Crippen molar-refractivity contribution in [3.8, 4) is 51.0 Å². The van der Waals surface area contributed by atoms with Crippen LogP contribution in [0.25, 0.3) is 72.8 Å². The third-order valence-electron chi connectivity index (χ3n) is 11.8. The monoisotopic (exact) mass is 744 g/mol. The molecule has 4 nitrogen and oxygen atoms in total. The second kappa shape index (κ2) is 12.5. The molecule has 8 aromatic carbocycles. The highest BCUT2D eigenvalue weighted by molar-refractivity contribution is 7.99. The summed E-state index contributed by atoms with van der Waals surface area (Å²) in [7, 11) is 0. The Bertz CT molecular complexity index is 3160. The molecule has 0 saturated carbocycles. The van der Waals surface area contributed by atoms with Crippen LogP contribution in [0.4, 0.5) is 0 Å². The number of rotatable bonds is 4. The molecule has 0 amide bonds. The molecule has 1 spiro atoms. The van der Waals surface area contributed by atoms with E-state index in [1.807, 2.05) is 36.0 Å². The predicted molar refractivity (Wildman–Crippen MR) is 232 cm³/mol. The number of hydrogen-bond donors (Lipinski definition) is 0. The first-order valence-electron chi connectivity index (χ1n) is 19.3. The minimum atomic E-state index is -0.500. The van der Waals surface area contributed by atoms with E-state index in [0.717, 1.165) is 33.1 Å². The van der Waals surface area contributed by atoms with Gasteiger partial charge in [-0.1, -0.05) is 194 Å². The first-order valence-corrected chi connectivity index (χ1v) is 20.1. The van der Waals surface area contributed by atoms with Crippen molar-refractivity contribution in [2.45, 2.75) is 15.2 Å². The fourth-order valence-electron chi connectivity index (χ4n) is 9.32. The van der Waals surface area contributed by atoms with E-state index in [9.17, 15) is 0 Å². The van der Waals surface area contributed by atoms with Gasteiger partial charge in [0.05, 0.1) is 16.4 Å². The van der Waals surface area contributed by atoms with Gasteiger partial charge < -0.3 is 0 Å². The van der Waals surface area contributed by atoms with Gasteiger partial charge in [0.25, 0.3) is 0 Å². The van der Waals surface area contributed by atoms with Gasteiger partial charge in [-0.2, -0.15) is 9.97 Å². The highest BCUT2D eigenvalue weighted by Crippen LogP contribution is 2.63. The molecular formula is C52H32N4S. The second-order valence-corrected chi connectivity index (χ2v) is 15.8. The number of aromatic nitrogens is 4. The zero-order valence-corrected chi connectivity index (χ0v) is 31.5. The largest absolute Gasteiger partial charge is 0.277 e. The summed E-state index contributed by atoms with van der Waals surface area (Å²) in [4.78, 5) is 18.3. The maximum Gasteiger partial charge on any atom is 0.238 e. The summed E-state index contributed by atoms with van der Waals surface area (Å²) in [6.45, 7) is 0. The summed E-state index contributed by atoms with van der Waals surface area (Å²) >= 11 is 1.85. The normalized spacial score (nSPS) is 13.3. The van der Waals surface area contributed by atoms with Crippen LogP contribution in [-0.2, 0) is 5.41 Å². The molecule has 0 radical (unpaired) electrons. The molecule has 12 rings (SSSR count). The number of benzene rings is 8. The summed E-state index contributed by atoms with van der Waals surface area (Å²) in [5.74, 6) is 1.85. The van der Waals surface area contributed by atoms with Crippen molar-refractivity contribution in [2.24, 2.45) is 0 Å². The zero-order chi connectivity index (χ0) is 37.5. The van der Waals surface area contributed by atoms with Crippen LogP contribution in [0, 0.1) is 0 Å². The SMILES string of the molecule is c1ccc(-c2ccc(-c3nc(-c4ccccc4)nc(-n4c5ccccc5c5ccc6c(c54)Sc4ccccc4C64c5ccccc5-c5ccccc54)n3)cc2)cc1. The molecule has 5 heteroatoms. The Balaban J connectivity index is 1.16. The summed E-state index contributed by atoms with van der Waals surface area (Å²) in [5.41, 5.74) is 13.6. The lowest BCUT2D eigenvalue weighted by Crippen LogP contribution is -2.32. The zero-order valence-electron chi connectivity index (χ0n) is 30.7. The number of nitrogens with zero attached hydrogens (tertiary/aromatic N) is 4. The molecule has 0 N–H and O–H groups in total. The van der Waals surface area contributed by atoms with Gasteiger partial charge in [0.15, 0.2) is 11.6 Å². The maximum atomic E-state index is 5.36. The lowest BCUT2D eigenvalue weighted by Gasteiger charge is -2.40. The van der Waals surface area contributed by atoms with E-state index < -0.39 is 5.41 Å². The van der Waals surface area contributed by atoms with Crippen molar-refractivity contribution in [3.63, 3.8) is 0 Å². The van der Waals surface area contributed by atoms with Crippen LogP contribution in [-0.4, -0.2) is 19.5 Å². The number of para-hydroxylation sites is 1. The van der Waals surface area contributed by atoms with Gasteiger partial charge in [0, 0.05) is 31.7 Å². The Morgan fingerprint density at radius 2 is 0.912 bits per heavy atom. The smallest absolute Gasteiger partial charge is 0.238 e. The molecular weight excluding hydrogens is 713 g/mol. The van der Waals surface area contributed by atoms with Crippen molar-refractivity contribution >= 4 is 33.6 Å². The fraction of sp³-hybridized carbons (Fsp3) is 0.0192. The van der Waals surface area contributed by atoms with E-state index in [2.05, 4.69) is 174 Å². The van der Waals surface area contributed by atoms with Crippen molar-refractivity contribution < 1.29 is 0 Å². The molecule has 10 aromatic rings. The molecule has 2 aliphatic rings. The number of hydrogen-bond acceptors (Lipinski definition) is 4. The van der Waals surface area contributed by atoms with Crippen molar-refractivity contribution in [2.75, 3.05) is 0 Å². The fourth-order valence-corrected chi connectivity index (χ4v) is 10.6. The molecule has 0 saturated heterocycles. The predicted octanol–water partition coefficient (Wildman–Crippen LogP) is 12.8. The van der Waals surface area contributed by atoms with E-state index in [1.165, 1.54) is 54.1 Å². The van der Waals surface area contributed by atoms with Gasteiger partial charge in [-0.15, -0.1) is 0 Å². The van der Waals surface area contributed by atoms with Crippen LogP contribution >= 0.6 is 11.8 Å². The lowest BCUT2D eigenvalue weighted by molar-refractivity contribution is 0.724. The van der Waals surface area contributed by atoms with Crippen LogP contribution < -0.4 is 0 Å². The Morgan fingerprint density at radius 3 is 1.61 bits per heavy atom. The Hall–Kier alpha value is -7.08. The van der Waals surface area contributed by atoms with Gasteiger partial charge in [0.2, 0.25) is 5.95 Å². The Kier molecular flexibility index (Phi) is 7.04. The third kappa shape index (κ3) is 4.67. The standard InChI is InChI=1S/C52H32N4S/c1-3-15-33(16-4-1)34-27-29-36(30-28-34)50-53-49(35-17-5-2-6-18-35)54-51(55-50)56-45-25-13-9-21-39(45)40-31-32-44-48(47(40)56)57-46-26-14-12-24-43(46)52(44)41-22-10-7-19-37(41)38-20-8-11-23-42(38)52/h1-32H. The van der Waals surface area contributed by atoms with Crippen LogP contribution in [0.3, 0.4) is 0 Å². The van der Waals surface area contributed by atoms with E-state index in [1.54, 1.807) is 0 Å². The average molecular weight is 745 g/mol. The van der Waals surface area contributed by atoms with Crippen molar-refractivity contribution in [1.82, 2.24) is 19.5 Å². The molecule has 0 unspecified atom stereocenters. The Labute approximate surface area is 334 Å². The minimum absolute atomic E-state index is 0.500. The van der Waals surface area contributed by atoms with E-state index in [0.29, 0.717) is 17.6 Å². The molecule has 266 valence electrons. The molecule has 1 aliphatic heterocycles. The average Bonchev–Trinajstić information content (AvgIpc) is 3.78. The maximum absolute atomic E-state index is 5.36. The van der Waals surface area contributed by atoms with Crippen LogP contribution in [0.1, 0.15) is 22.3 Å². The lowest BCUT2D eigenvalue weighted by atomic mass is 9.67. The van der Waals surface area contributed by atoms with E-state index in [4.69, 9.17) is 15.0 Å². The Morgan fingerprint density at radius 1 is 0.386 bits per heavy atom. The molecule has 0 bridgehead atoms. The quantitative estimate of drug-likeness (QED) is 0.180. The second-order valence-electron chi connectivity index (χ2n) is 14.7. The molecule has 3 heterocycles. The summed E-state index contributed by atoms with van der Waals surface area (Å²) in [5, 5.41) is 2.33. The summed E-state index contributed by atoms with van der Waals surface area (Å²) in [6.07, 6.45) is 0. The minimum Gasteiger partial charge on any atom is -0.277 e. The van der Waals surface area contributed by atoms with E-state index in [-0.39, 0.29) is 0 Å². The summed E-state index contributed by atoms with van der Waals surface area (Å²) < 4.78 is 2.29. The van der Waals surface area contributed by atoms with Gasteiger partial charge in [-0.05, 0) is 56.6 Å². The van der Waals surface area contributed by atoms with Crippen molar-refractivity contribution in [1.29, 1.82) is 0 Å². The van der Waals surface area contributed by atoms with Gasteiger partial charge in [0.1, 0.15) is 0 Å². The molecule has 1 aliphatic carbocycles. The van der Waals surface area contributed by atoms with Gasteiger partial charge in [-0.3, -0.25) is 4.57 Å². The van der Waals surface area contributed by atoms with Crippen LogP contribution in [0.2, 0.25) is 0 Å². The summed E-state index contributed by atoms with van der Waals surface area (Å²) in [6, 6.07) is 69.5. The van der Waals surface area contributed by atoms with Crippen LogP contribution in [0.5, 0.6) is 0 Å². The first-order chi connectivity index (χ1) is 28.3. The van der Waals surface area contributed by atoms with E-state index >= 15 is 0 Å². The molecule has 0 atom stereocenters. The number of fused-ring (bicyclic) bond motifs is 13. The van der Waals surface area contributed by atoms with Gasteiger partial charge >= 0.3 is 0 Å². The van der Waals surface area contributed by atoms with Crippen LogP contribution in [0.15, 0.2) is 204 Å². The molecule has 2 aromatic heterocycles.